The first kappa shape index (κ1) is 38.4. The van der Waals surface area contributed by atoms with Crippen LogP contribution in [-0.2, 0) is 38.6 Å². The summed E-state index contributed by atoms with van der Waals surface area (Å²) in [6.07, 6.45) is 5.45. The number of esters is 1. The topological polar surface area (TPSA) is 118 Å². The van der Waals surface area contributed by atoms with Gasteiger partial charge in [0.15, 0.2) is 0 Å². The molecule has 11 heteroatoms. The van der Waals surface area contributed by atoms with Crippen molar-refractivity contribution in [3.05, 3.63) is 83.7 Å². The molecule has 55 heavy (non-hydrogen) atoms. The summed E-state index contributed by atoms with van der Waals surface area (Å²) in [7, 11) is 0. The number of aryl methyl sites for hydroxylation is 1. The third kappa shape index (κ3) is 8.52. The molecule has 7 rings (SSSR count). The number of nitrogens with zero attached hydrogens (tertiary/aromatic N) is 4. The monoisotopic (exact) mass is 748 g/mol. The number of rotatable bonds is 6. The predicted molar refractivity (Wildman–Crippen MR) is 214 cm³/mol. The Morgan fingerprint density at radius 3 is 2.64 bits per heavy atom. The van der Waals surface area contributed by atoms with Crippen LogP contribution in [0.5, 0.6) is 0 Å². The van der Waals surface area contributed by atoms with Crippen molar-refractivity contribution in [2.75, 3.05) is 31.1 Å². The standard InChI is InChI=1S/C44H56N6O5/c1-6-49-38-19-18-32-24-34(38)35(40(49)33-16-10-20-45-39(33)29(2)3)25-44(4,5)28-55-42(52)36-17-12-22-50(47-36)41(51)37(23-31-15-11-21-48(32)26-31)46-43(53)54-27-30-13-8-7-9-14-30/h7-10,13-14,16,18-20,24,29,31,36-37,47H,6,11-12,15,17,21-23,25-28H2,1-5H3,(H,46,53)/t31-,36-,37-/m0/s1. The van der Waals surface area contributed by atoms with Gasteiger partial charge in [-0.3, -0.25) is 19.6 Å². The maximum atomic E-state index is 14.2. The van der Waals surface area contributed by atoms with Crippen molar-refractivity contribution in [3.63, 3.8) is 0 Å². The zero-order valence-corrected chi connectivity index (χ0v) is 33.0. The molecule has 3 aliphatic rings. The number of anilines is 1. The summed E-state index contributed by atoms with van der Waals surface area (Å²) in [6.45, 7) is 14.1. The van der Waals surface area contributed by atoms with Crippen LogP contribution in [0.1, 0.15) is 89.5 Å². The highest BCUT2D eigenvalue weighted by molar-refractivity contribution is 5.95. The van der Waals surface area contributed by atoms with Gasteiger partial charge in [0, 0.05) is 59.9 Å². The summed E-state index contributed by atoms with van der Waals surface area (Å²) in [5, 5.41) is 5.61. The van der Waals surface area contributed by atoms with Gasteiger partial charge in [0.1, 0.15) is 18.7 Å². The quantitative estimate of drug-likeness (QED) is 0.197. The summed E-state index contributed by atoms with van der Waals surface area (Å²) in [5.74, 6) is -0.285. The van der Waals surface area contributed by atoms with E-state index in [1.165, 1.54) is 27.2 Å². The average Bonchev–Trinajstić information content (AvgIpc) is 3.50. The number of benzene rings is 2. The summed E-state index contributed by atoms with van der Waals surface area (Å²) in [6, 6.07) is 19.0. The van der Waals surface area contributed by atoms with Gasteiger partial charge in [-0.2, -0.15) is 0 Å². The third-order valence-corrected chi connectivity index (χ3v) is 11.4. The Labute approximate surface area is 324 Å². The number of carbonyl (C=O) groups is 3. The molecule has 0 aliphatic carbocycles. The van der Waals surface area contributed by atoms with Gasteiger partial charge in [-0.05, 0) is 98.7 Å². The minimum absolute atomic E-state index is 0.0997. The van der Waals surface area contributed by atoms with Crippen molar-refractivity contribution in [3.8, 4) is 11.3 Å². The number of hydrogen-bond donors (Lipinski definition) is 2. The first-order valence-corrected chi connectivity index (χ1v) is 20.1. The fourth-order valence-corrected chi connectivity index (χ4v) is 8.66. The molecular weight excluding hydrogens is 693 g/mol. The number of fused-ring (bicyclic) bond motifs is 6. The molecule has 0 unspecified atom stereocenters. The number of amides is 2. The number of alkyl carbamates (subject to hydrolysis) is 1. The summed E-state index contributed by atoms with van der Waals surface area (Å²) < 4.78 is 14.1. The lowest BCUT2D eigenvalue weighted by Crippen LogP contribution is -2.60. The largest absolute Gasteiger partial charge is 0.464 e. The number of carbonyl (C=O) groups excluding carboxylic acids is 3. The Hall–Kier alpha value is -4.90. The van der Waals surface area contributed by atoms with Crippen molar-refractivity contribution in [1.29, 1.82) is 0 Å². The lowest BCUT2D eigenvalue weighted by molar-refractivity contribution is -0.155. The van der Waals surface area contributed by atoms with Gasteiger partial charge in [-0.15, -0.1) is 0 Å². The molecule has 2 saturated heterocycles. The lowest BCUT2D eigenvalue weighted by atomic mass is 9.84. The van der Waals surface area contributed by atoms with E-state index >= 15 is 0 Å². The number of aromatic nitrogens is 2. The van der Waals surface area contributed by atoms with Crippen LogP contribution in [0.25, 0.3) is 22.2 Å². The Kier molecular flexibility index (Phi) is 11.5. The van der Waals surface area contributed by atoms with E-state index in [9.17, 15) is 14.4 Å². The van der Waals surface area contributed by atoms with Crippen molar-refractivity contribution < 1.29 is 23.9 Å². The summed E-state index contributed by atoms with van der Waals surface area (Å²) in [5.41, 5.74) is 10.5. The molecule has 2 aromatic heterocycles. The molecular formula is C44H56N6O5. The molecule has 2 aromatic carbocycles. The highest BCUT2D eigenvalue weighted by Gasteiger charge is 2.37. The lowest BCUT2D eigenvalue weighted by Gasteiger charge is -2.38. The van der Waals surface area contributed by atoms with Gasteiger partial charge < -0.3 is 24.3 Å². The number of hydrogen-bond acceptors (Lipinski definition) is 8. The number of nitrogens with one attached hydrogen (secondary N) is 2. The molecule has 11 nitrogen and oxygen atoms in total. The normalized spacial score (nSPS) is 22.0. The van der Waals surface area contributed by atoms with Gasteiger partial charge >= 0.3 is 12.1 Å². The predicted octanol–water partition coefficient (Wildman–Crippen LogP) is 7.37. The first-order valence-electron chi connectivity index (χ1n) is 20.1. The summed E-state index contributed by atoms with van der Waals surface area (Å²) >= 11 is 0. The van der Waals surface area contributed by atoms with E-state index in [-0.39, 0.29) is 36.9 Å². The molecule has 0 radical (unpaired) electrons. The number of cyclic esters (lactones) is 1. The van der Waals surface area contributed by atoms with Crippen LogP contribution in [0, 0.1) is 11.3 Å². The number of piperidine rings is 1. The molecule has 3 aliphatic heterocycles. The highest BCUT2D eigenvalue weighted by Crippen LogP contribution is 2.42. The van der Waals surface area contributed by atoms with Crippen molar-refractivity contribution in [1.82, 2.24) is 25.3 Å². The zero-order valence-electron chi connectivity index (χ0n) is 33.0. The molecule has 2 fully saturated rings. The second-order valence-corrected chi connectivity index (χ2v) is 16.6. The van der Waals surface area contributed by atoms with Crippen molar-refractivity contribution in [2.45, 2.75) is 104 Å². The van der Waals surface area contributed by atoms with Crippen LogP contribution in [0.4, 0.5) is 10.5 Å². The molecule has 2 amide bonds. The number of hydrazine groups is 1. The van der Waals surface area contributed by atoms with Gasteiger partial charge in [-0.1, -0.05) is 58.0 Å². The van der Waals surface area contributed by atoms with E-state index in [4.69, 9.17) is 14.5 Å². The number of ether oxygens (including phenoxy) is 2. The zero-order chi connectivity index (χ0) is 38.7. The molecule has 6 bridgehead atoms. The van der Waals surface area contributed by atoms with Crippen LogP contribution in [0.2, 0.25) is 0 Å². The SMILES string of the molecule is CCn1c(-c2cccnc2C(C)C)c2c3cc(ccc31)N1CCC[C@@H](C[C@H](NC(=O)OCc3ccccc3)C(=O)N3CCC[C@H](N3)C(=O)OCC(C)(C)C2)C1. The van der Waals surface area contributed by atoms with Crippen LogP contribution < -0.4 is 15.6 Å². The smallest absolute Gasteiger partial charge is 0.408 e. The highest BCUT2D eigenvalue weighted by atomic mass is 16.5. The fourth-order valence-electron chi connectivity index (χ4n) is 8.66. The molecule has 2 N–H and O–H groups in total. The van der Waals surface area contributed by atoms with E-state index in [0.29, 0.717) is 32.2 Å². The molecule has 292 valence electrons. The third-order valence-electron chi connectivity index (χ3n) is 11.4. The molecule has 4 aromatic rings. The maximum absolute atomic E-state index is 14.2. The van der Waals surface area contributed by atoms with Gasteiger partial charge in [-0.25, -0.2) is 10.2 Å². The second kappa shape index (κ2) is 16.5. The van der Waals surface area contributed by atoms with E-state index in [2.05, 4.69) is 79.1 Å². The first-order chi connectivity index (χ1) is 26.5. The molecule has 3 atom stereocenters. The fraction of sp³-hybridized carbons (Fsp3) is 0.500. The van der Waals surface area contributed by atoms with Crippen LogP contribution in [-0.4, -0.2) is 70.9 Å². The average molecular weight is 749 g/mol. The van der Waals surface area contributed by atoms with Crippen LogP contribution >= 0.6 is 0 Å². The number of pyridine rings is 1. The molecule has 0 spiro atoms. The summed E-state index contributed by atoms with van der Waals surface area (Å²) in [4.78, 5) is 48.5. The van der Waals surface area contributed by atoms with E-state index in [0.717, 1.165) is 55.0 Å². The van der Waals surface area contributed by atoms with Crippen molar-refractivity contribution >= 4 is 34.6 Å². The van der Waals surface area contributed by atoms with E-state index < -0.39 is 23.6 Å². The van der Waals surface area contributed by atoms with E-state index in [1.807, 2.05) is 42.6 Å². The van der Waals surface area contributed by atoms with Gasteiger partial charge in [0.2, 0.25) is 0 Å². The molecule has 5 heterocycles. The van der Waals surface area contributed by atoms with Crippen LogP contribution in [0.3, 0.4) is 0 Å². The minimum Gasteiger partial charge on any atom is -0.464 e. The van der Waals surface area contributed by atoms with Gasteiger partial charge in [0.25, 0.3) is 5.91 Å². The Balaban J connectivity index is 1.27. The Morgan fingerprint density at radius 1 is 1.05 bits per heavy atom. The Bertz CT molecular complexity index is 2010. The van der Waals surface area contributed by atoms with E-state index in [1.54, 1.807) is 0 Å². The Morgan fingerprint density at radius 2 is 1.85 bits per heavy atom. The van der Waals surface area contributed by atoms with Crippen molar-refractivity contribution in [2.24, 2.45) is 11.3 Å². The molecule has 0 saturated carbocycles. The minimum atomic E-state index is -0.835. The second-order valence-electron chi connectivity index (χ2n) is 16.6. The van der Waals surface area contributed by atoms with Gasteiger partial charge in [0.05, 0.1) is 18.0 Å². The van der Waals surface area contributed by atoms with Crippen LogP contribution in [0.15, 0.2) is 66.9 Å². The maximum Gasteiger partial charge on any atom is 0.408 e.